The highest BCUT2D eigenvalue weighted by Crippen LogP contribution is 2.52. The highest BCUT2D eigenvalue weighted by molar-refractivity contribution is 6.32. The molecule has 2 amide bonds. The Bertz CT molecular complexity index is 1760. The molecule has 224 valence electrons. The summed E-state index contributed by atoms with van der Waals surface area (Å²) in [4.78, 5) is 29.5. The van der Waals surface area contributed by atoms with Crippen LogP contribution in [-0.4, -0.2) is 53.9 Å². The van der Waals surface area contributed by atoms with Crippen LogP contribution in [0.3, 0.4) is 0 Å². The van der Waals surface area contributed by atoms with Crippen LogP contribution in [0.5, 0.6) is 0 Å². The molecule has 0 atom stereocenters. The number of alkyl halides is 7. The SMILES string of the molecule is Cc1cc(C#N)cc(C(N)=O)c1NC(=O)c1cc(Cn2cc(C(F)(C(F)(F)F)C(F)(F)F)nn2)nn1-c1ncccc1Cl. The van der Waals surface area contributed by atoms with Crippen molar-refractivity contribution < 1.29 is 40.3 Å². The highest BCUT2D eigenvalue weighted by Gasteiger charge is 2.75. The number of aromatic nitrogens is 6. The lowest BCUT2D eigenvalue weighted by Gasteiger charge is -2.27. The number of nitrogens with two attached hydrogens (primary N) is 1. The summed E-state index contributed by atoms with van der Waals surface area (Å²) in [6, 6.07) is 8.28. The summed E-state index contributed by atoms with van der Waals surface area (Å²) in [5.74, 6) is -2.02. The predicted octanol–water partition coefficient (Wildman–Crippen LogP) is 4.38. The van der Waals surface area contributed by atoms with Gasteiger partial charge in [-0.15, -0.1) is 5.10 Å². The fourth-order valence-corrected chi connectivity index (χ4v) is 4.11. The monoisotopic (exact) mass is 629 g/mol. The van der Waals surface area contributed by atoms with Crippen LogP contribution in [0.25, 0.3) is 5.82 Å². The van der Waals surface area contributed by atoms with Crippen LogP contribution < -0.4 is 11.1 Å². The number of halogens is 8. The van der Waals surface area contributed by atoms with Gasteiger partial charge in [-0.05, 0) is 42.8 Å². The molecule has 0 aliphatic rings. The molecule has 0 fully saturated rings. The molecular weight excluding hydrogens is 615 g/mol. The quantitative estimate of drug-likeness (QED) is 0.287. The van der Waals surface area contributed by atoms with Crippen LogP contribution >= 0.6 is 11.6 Å². The Morgan fingerprint density at radius 1 is 1.12 bits per heavy atom. The summed E-state index contributed by atoms with van der Waals surface area (Å²) in [7, 11) is 0. The zero-order valence-electron chi connectivity index (χ0n) is 21.3. The second-order valence-electron chi connectivity index (χ2n) is 8.84. The molecule has 0 radical (unpaired) electrons. The van der Waals surface area contributed by atoms with E-state index in [9.17, 15) is 45.6 Å². The number of hydrogen-bond donors (Lipinski definition) is 2. The first-order valence-electron chi connectivity index (χ1n) is 11.6. The average molecular weight is 630 g/mol. The summed E-state index contributed by atoms with van der Waals surface area (Å²) >= 11 is 6.20. The summed E-state index contributed by atoms with van der Waals surface area (Å²) in [5, 5.41) is 21.7. The Morgan fingerprint density at radius 2 is 1.79 bits per heavy atom. The number of amides is 2. The minimum atomic E-state index is -6.40. The molecule has 0 bridgehead atoms. The molecule has 3 N–H and O–H groups in total. The summed E-state index contributed by atoms with van der Waals surface area (Å²) in [6.07, 6.45) is -11.4. The molecule has 0 aliphatic carbocycles. The highest BCUT2D eigenvalue weighted by atomic mass is 35.5. The number of hydrogen-bond acceptors (Lipinski definition) is 7. The number of carbonyl (C=O) groups excluding carboxylic acids is 2. The first-order chi connectivity index (χ1) is 20.0. The maximum atomic E-state index is 14.4. The van der Waals surface area contributed by atoms with Gasteiger partial charge < -0.3 is 11.1 Å². The summed E-state index contributed by atoms with van der Waals surface area (Å²) < 4.78 is 94.5. The summed E-state index contributed by atoms with van der Waals surface area (Å²) in [5.41, 5.74) is -2.86. The maximum absolute atomic E-state index is 14.4. The minimum absolute atomic E-state index is 0.0146. The Morgan fingerprint density at radius 3 is 2.37 bits per heavy atom. The molecule has 4 rings (SSSR count). The second kappa shape index (κ2) is 11.0. The van der Waals surface area contributed by atoms with Gasteiger partial charge in [0.15, 0.2) is 5.82 Å². The van der Waals surface area contributed by atoms with Crippen LogP contribution in [0.15, 0.2) is 42.7 Å². The van der Waals surface area contributed by atoms with Gasteiger partial charge in [0, 0.05) is 6.20 Å². The van der Waals surface area contributed by atoms with Crippen molar-refractivity contribution in [2.75, 3.05) is 5.32 Å². The Kier molecular flexibility index (Phi) is 7.89. The van der Waals surface area contributed by atoms with Crippen molar-refractivity contribution in [1.29, 1.82) is 5.26 Å². The fourth-order valence-electron chi connectivity index (χ4n) is 3.90. The topological polar surface area (TPSA) is 157 Å². The van der Waals surface area contributed by atoms with Crippen molar-refractivity contribution in [2.45, 2.75) is 31.5 Å². The van der Waals surface area contributed by atoms with Gasteiger partial charge in [0.25, 0.3) is 11.8 Å². The van der Waals surface area contributed by atoms with E-state index in [2.05, 4.69) is 25.7 Å². The van der Waals surface area contributed by atoms with Crippen molar-refractivity contribution in [3.63, 3.8) is 0 Å². The van der Waals surface area contributed by atoms with E-state index in [-0.39, 0.29) is 50.8 Å². The number of nitrogens with zero attached hydrogens (tertiary/aromatic N) is 7. The zero-order valence-corrected chi connectivity index (χ0v) is 22.1. The molecule has 11 nitrogen and oxygen atoms in total. The zero-order chi connectivity index (χ0) is 31.9. The van der Waals surface area contributed by atoms with Crippen LogP contribution in [-0.2, 0) is 12.2 Å². The van der Waals surface area contributed by atoms with Gasteiger partial charge >= 0.3 is 18.0 Å². The number of nitriles is 1. The number of aryl methyl sites for hydroxylation is 1. The molecule has 0 saturated carbocycles. The molecule has 0 unspecified atom stereocenters. The first kappa shape index (κ1) is 30.9. The van der Waals surface area contributed by atoms with Crippen LogP contribution in [0.1, 0.15) is 43.4 Å². The number of carbonyl (C=O) groups is 2. The van der Waals surface area contributed by atoms with Crippen molar-refractivity contribution in [1.82, 2.24) is 29.8 Å². The van der Waals surface area contributed by atoms with Gasteiger partial charge in [0.05, 0.1) is 46.3 Å². The van der Waals surface area contributed by atoms with E-state index in [1.54, 1.807) is 0 Å². The van der Waals surface area contributed by atoms with Crippen molar-refractivity contribution in [2.24, 2.45) is 5.73 Å². The fraction of sp³-hybridized carbons (Fsp3) is 0.208. The minimum Gasteiger partial charge on any atom is -0.366 e. The largest absolute Gasteiger partial charge is 0.437 e. The molecular formula is C24H15ClF7N9O2. The number of anilines is 1. The van der Waals surface area contributed by atoms with E-state index in [1.807, 2.05) is 6.07 Å². The molecule has 3 aromatic heterocycles. The van der Waals surface area contributed by atoms with Gasteiger partial charge in [-0.3, -0.25) is 9.59 Å². The third kappa shape index (κ3) is 5.70. The van der Waals surface area contributed by atoms with E-state index in [1.165, 1.54) is 31.3 Å². The Hall–Kier alpha value is -5.05. The van der Waals surface area contributed by atoms with Crippen molar-refractivity contribution >= 4 is 29.1 Å². The van der Waals surface area contributed by atoms with E-state index in [4.69, 9.17) is 17.3 Å². The molecule has 0 spiro atoms. The number of nitrogens with one attached hydrogen (secondary N) is 1. The third-order valence-corrected chi connectivity index (χ3v) is 6.19. The van der Waals surface area contributed by atoms with Gasteiger partial charge in [0.1, 0.15) is 11.4 Å². The van der Waals surface area contributed by atoms with E-state index >= 15 is 0 Å². The van der Waals surface area contributed by atoms with Crippen LogP contribution in [0.4, 0.5) is 36.4 Å². The standard InChI is InChI=1S/C24H15ClF7N9O2/c1-11-5-12(8-33)6-14(19(34)42)18(11)36-21(43)16-7-13(38-41(16)20-15(25)3-2-4-35-20)9-40-10-17(37-39-40)22(26,23(27,28)29)24(30,31)32/h2-7,10H,9H2,1H3,(H2,34,42)(H,36,43). The molecule has 19 heteroatoms. The van der Waals surface area contributed by atoms with Gasteiger partial charge in [-0.2, -0.15) is 36.7 Å². The maximum Gasteiger partial charge on any atom is 0.437 e. The number of benzene rings is 1. The van der Waals surface area contributed by atoms with Gasteiger partial charge in [-0.25, -0.2) is 18.7 Å². The number of rotatable bonds is 7. The van der Waals surface area contributed by atoms with E-state index in [0.29, 0.717) is 4.68 Å². The second-order valence-corrected chi connectivity index (χ2v) is 9.25. The van der Waals surface area contributed by atoms with Gasteiger partial charge in [-0.1, -0.05) is 16.8 Å². The third-order valence-electron chi connectivity index (χ3n) is 5.90. The number of primary amides is 1. The molecule has 1 aromatic carbocycles. The van der Waals surface area contributed by atoms with Gasteiger partial charge in [0.2, 0.25) is 0 Å². The molecule has 43 heavy (non-hydrogen) atoms. The van der Waals surface area contributed by atoms with Crippen molar-refractivity contribution in [3.8, 4) is 11.9 Å². The lowest BCUT2D eigenvalue weighted by Crippen LogP contribution is -2.50. The predicted molar refractivity (Wildman–Crippen MR) is 133 cm³/mol. The Labute approximate surface area is 240 Å². The van der Waals surface area contributed by atoms with Crippen LogP contribution in [0, 0.1) is 18.3 Å². The van der Waals surface area contributed by atoms with E-state index in [0.717, 1.165) is 16.8 Å². The smallest absolute Gasteiger partial charge is 0.366 e. The summed E-state index contributed by atoms with van der Waals surface area (Å²) in [6.45, 7) is 0.801. The van der Waals surface area contributed by atoms with Crippen molar-refractivity contribution in [3.05, 3.63) is 81.5 Å². The Balaban J connectivity index is 1.76. The van der Waals surface area contributed by atoms with E-state index < -0.39 is 42.1 Å². The average Bonchev–Trinajstić information content (AvgIpc) is 3.55. The lowest BCUT2D eigenvalue weighted by atomic mass is 10.0. The first-order valence-corrected chi connectivity index (χ1v) is 11.9. The van der Waals surface area contributed by atoms with Crippen LogP contribution in [0.2, 0.25) is 5.02 Å². The molecule has 3 heterocycles. The lowest BCUT2D eigenvalue weighted by molar-refractivity contribution is -0.350. The molecule has 4 aromatic rings. The normalized spacial score (nSPS) is 12.2. The number of pyridine rings is 1. The molecule has 0 aliphatic heterocycles. The molecule has 0 saturated heterocycles.